The van der Waals surface area contributed by atoms with Gasteiger partial charge in [0.1, 0.15) is 0 Å². The lowest BCUT2D eigenvalue weighted by molar-refractivity contribution is -0.382. The summed E-state index contributed by atoms with van der Waals surface area (Å²) in [6.07, 6.45) is 7.13. The van der Waals surface area contributed by atoms with E-state index in [0.29, 0.717) is 0 Å². The molecule has 0 amide bonds. The van der Waals surface area contributed by atoms with Crippen molar-refractivity contribution in [3.8, 4) is 0 Å². The normalized spacial score (nSPS) is 19.9. The van der Waals surface area contributed by atoms with Gasteiger partial charge in [-0.3, -0.25) is 0 Å². The van der Waals surface area contributed by atoms with Crippen molar-refractivity contribution in [3.05, 3.63) is 89.5 Å². The predicted molar refractivity (Wildman–Crippen MR) is 190 cm³/mol. The Kier molecular flexibility index (Phi) is 11.9. The average molecular weight is 809 g/mol. The molecule has 0 unspecified atom stereocenters. The summed E-state index contributed by atoms with van der Waals surface area (Å²) in [5.41, 5.74) is 2.62. The van der Waals surface area contributed by atoms with Crippen LogP contribution in [-0.4, -0.2) is 31.7 Å². The van der Waals surface area contributed by atoms with Gasteiger partial charge in [0.2, 0.25) is 0 Å². The molecule has 0 bridgehead atoms. The van der Waals surface area contributed by atoms with Crippen LogP contribution in [0, 0.1) is 0 Å². The Morgan fingerprint density at radius 2 is 0.704 bits per heavy atom. The van der Waals surface area contributed by atoms with Gasteiger partial charge in [0.15, 0.2) is 0 Å². The van der Waals surface area contributed by atoms with E-state index in [4.69, 9.17) is 3.63 Å². The Hall–Kier alpha value is -2.71. The van der Waals surface area contributed by atoms with Crippen LogP contribution in [-0.2, 0) is 13.7 Å². The summed E-state index contributed by atoms with van der Waals surface area (Å²) in [7, 11) is -11.4. The first-order valence-corrected chi connectivity index (χ1v) is 21.7. The van der Waals surface area contributed by atoms with Crippen LogP contribution < -0.4 is 0 Å². The SMILES string of the molecule is O=S(=O)(OS(c1ccc(C2CCCCC2)cc1)(c1ccc(C2CCCCC2)cc1)c1ccc(C2CCCCC2)cc1)C(F)(F)C(F)(F)C(F)(F)C(F)(F)F. The van der Waals surface area contributed by atoms with Crippen molar-refractivity contribution in [2.24, 2.45) is 0 Å². The summed E-state index contributed by atoms with van der Waals surface area (Å²) in [4.78, 5) is -0.116. The Morgan fingerprint density at radius 1 is 0.426 bits per heavy atom. The topological polar surface area (TPSA) is 43.4 Å². The van der Waals surface area contributed by atoms with E-state index in [1.54, 1.807) is 36.4 Å². The van der Waals surface area contributed by atoms with Gasteiger partial charge in [-0.2, -0.15) is 47.9 Å². The van der Waals surface area contributed by atoms with Crippen LogP contribution in [0.4, 0.5) is 39.5 Å². The maximum absolute atomic E-state index is 15.6. The second-order valence-corrected chi connectivity index (χ2v) is 19.4. The molecule has 0 N–H and O–H groups in total. The van der Waals surface area contributed by atoms with Crippen LogP contribution in [0.2, 0.25) is 0 Å². The molecular formula is C40H45F9O3S2. The number of hydrogen-bond donors (Lipinski definition) is 0. The van der Waals surface area contributed by atoms with E-state index in [1.807, 2.05) is 0 Å². The second kappa shape index (κ2) is 15.7. The van der Waals surface area contributed by atoms with Crippen LogP contribution in [0.3, 0.4) is 0 Å². The summed E-state index contributed by atoms with van der Waals surface area (Å²) in [6.45, 7) is 0. The van der Waals surface area contributed by atoms with E-state index < -0.39 is 43.7 Å². The monoisotopic (exact) mass is 808 g/mol. The fourth-order valence-electron chi connectivity index (χ4n) is 8.32. The largest absolute Gasteiger partial charge is 0.460 e. The van der Waals surface area contributed by atoms with Gasteiger partial charge < -0.3 is 0 Å². The zero-order valence-electron chi connectivity index (χ0n) is 29.7. The number of alkyl halides is 9. The van der Waals surface area contributed by atoms with Crippen LogP contribution in [0.15, 0.2) is 87.5 Å². The smallest absolute Gasteiger partial charge is 0.202 e. The molecule has 0 aromatic heterocycles. The summed E-state index contributed by atoms with van der Waals surface area (Å²) in [5, 5.41) is -7.02. The molecule has 54 heavy (non-hydrogen) atoms. The van der Waals surface area contributed by atoms with Crippen molar-refractivity contribution in [1.29, 1.82) is 0 Å². The van der Waals surface area contributed by atoms with Gasteiger partial charge in [-0.05, 0) is 120 Å². The lowest BCUT2D eigenvalue weighted by Crippen LogP contribution is -2.63. The fourth-order valence-corrected chi connectivity index (χ4v) is 13.5. The molecule has 0 saturated heterocycles. The number of halogens is 9. The van der Waals surface area contributed by atoms with Crippen molar-refractivity contribution in [2.75, 3.05) is 0 Å². The molecule has 3 aliphatic carbocycles. The third kappa shape index (κ3) is 7.56. The maximum Gasteiger partial charge on any atom is 0.460 e. The first-order chi connectivity index (χ1) is 25.4. The molecule has 0 atom stereocenters. The third-order valence-corrected chi connectivity index (χ3v) is 16.7. The molecule has 0 spiro atoms. The van der Waals surface area contributed by atoms with E-state index in [9.17, 15) is 39.2 Å². The van der Waals surface area contributed by atoms with Gasteiger partial charge in [-0.25, -0.2) is 3.63 Å². The molecule has 14 heteroatoms. The highest BCUT2D eigenvalue weighted by Crippen LogP contribution is 2.72. The lowest BCUT2D eigenvalue weighted by atomic mass is 9.84. The van der Waals surface area contributed by atoms with Crippen LogP contribution in [0.1, 0.15) is 131 Å². The van der Waals surface area contributed by atoms with Crippen LogP contribution >= 0.6 is 10.3 Å². The van der Waals surface area contributed by atoms with Crippen molar-refractivity contribution in [1.82, 2.24) is 0 Å². The minimum absolute atomic E-state index is 0.0387. The molecule has 298 valence electrons. The van der Waals surface area contributed by atoms with Crippen LogP contribution in [0.5, 0.6) is 0 Å². The molecule has 0 aliphatic heterocycles. The summed E-state index contributed by atoms with van der Waals surface area (Å²) >= 11 is 0. The predicted octanol–water partition coefficient (Wildman–Crippen LogP) is 13.8. The van der Waals surface area contributed by atoms with E-state index in [1.165, 1.54) is 36.4 Å². The summed E-state index contributed by atoms with van der Waals surface area (Å²) < 4.78 is 161. The van der Waals surface area contributed by atoms with E-state index in [0.717, 1.165) is 113 Å². The van der Waals surface area contributed by atoms with Gasteiger partial charge in [-0.1, -0.05) is 94.2 Å². The molecule has 3 aromatic rings. The molecule has 3 saturated carbocycles. The molecule has 6 rings (SSSR count). The number of benzene rings is 3. The lowest BCUT2D eigenvalue weighted by Gasteiger charge is -2.42. The van der Waals surface area contributed by atoms with Crippen molar-refractivity contribution < 1.29 is 51.6 Å². The molecule has 0 heterocycles. The zero-order valence-corrected chi connectivity index (χ0v) is 31.3. The quantitative estimate of drug-likeness (QED) is 0.181. The average Bonchev–Trinajstić information content (AvgIpc) is 3.17. The Morgan fingerprint density at radius 3 is 0.963 bits per heavy atom. The molecule has 3 aromatic carbocycles. The Labute approximate surface area is 312 Å². The fraction of sp³-hybridized carbons (Fsp3) is 0.550. The van der Waals surface area contributed by atoms with E-state index >= 15 is 8.78 Å². The van der Waals surface area contributed by atoms with E-state index in [2.05, 4.69) is 0 Å². The molecule has 3 nitrogen and oxygen atoms in total. The van der Waals surface area contributed by atoms with E-state index in [-0.39, 0.29) is 32.4 Å². The first-order valence-electron chi connectivity index (χ1n) is 18.7. The molecule has 0 radical (unpaired) electrons. The summed E-state index contributed by atoms with van der Waals surface area (Å²) in [6, 6.07) is 18.8. The molecule has 3 fully saturated rings. The minimum Gasteiger partial charge on any atom is -0.202 e. The highest BCUT2D eigenvalue weighted by molar-refractivity contribution is 8.33. The Bertz CT molecular complexity index is 1660. The number of rotatable bonds is 11. The van der Waals surface area contributed by atoms with Gasteiger partial charge in [-0.15, -0.1) is 0 Å². The van der Waals surface area contributed by atoms with Crippen molar-refractivity contribution >= 4 is 20.4 Å². The minimum atomic E-state index is -7.44. The van der Waals surface area contributed by atoms with Gasteiger partial charge in [0.25, 0.3) is 0 Å². The maximum atomic E-state index is 15.6. The third-order valence-electron chi connectivity index (χ3n) is 11.5. The number of hydrogen-bond acceptors (Lipinski definition) is 3. The van der Waals surface area contributed by atoms with Gasteiger partial charge >= 0.3 is 33.4 Å². The Balaban J connectivity index is 1.55. The van der Waals surface area contributed by atoms with Gasteiger partial charge in [0.05, 0.1) is 0 Å². The zero-order chi connectivity index (χ0) is 39.0. The molecular weight excluding hydrogens is 764 g/mol. The van der Waals surface area contributed by atoms with Crippen molar-refractivity contribution in [2.45, 2.75) is 152 Å². The highest BCUT2D eigenvalue weighted by Gasteiger charge is 2.86. The highest BCUT2D eigenvalue weighted by atomic mass is 32.3. The first kappa shape index (κ1) is 40.9. The van der Waals surface area contributed by atoms with Crippen LogP contribution in [0.25, 0.3) is 0 Å². The molecule has 3 aliphatic rings. The summed E-state index contributed by atoms with van der Waals surface area (Å²) in [5.74, 6) is -14.4. The van der Waals surface area contributed by atoms with Gasteiger partial charge in [0, 0.05) is 14.7 Å². The van der Waals surface area contributed by atoms with Crippen molar-refractivity contribution in [3.63, 3.8) is 0 Å². The second-order valence-electron chi connectivity index (χ2n) is 15.0. The standard InChI is InChI=1S/C40H45F9O3S2/c41-37(42,39(45,46)47)38(43,44)40(48,49)54(50,51)52-53(34-22-16-31(17-23-34)28-10-4-1-5-11-28,35-24-18-32(19-25-35)29-12-6-2-7-13-29)36-26-20-33(21-27-36)30-14-8-3-9-15-30/h16-30H,1-15H2.